The molecule has 1 aliphatic heterocycles. The monoisotopic (exact) mass is 512 g/mol. The quantitative estimate of drug-likeness (QED) is 0.355. The van der Waals surface area contributed by atoms with E-state index in [9.17, 15) is 9.59 Å². The summed E-state index contributed by atoms with van der Waals surface area (Å²) in [4.78, 5) is 25.5. The van der Waals surface area contributed by atoms with Crippen molar-refractivity contribution in [3.05, 3.63) is 65.7 Å². The van der Waals surface area contributed by atoms with Gasteiger partial charge in [0, 0.05) is 31.1 Å². The van der Waals surface area contributed by atoms with E-state index < -0.39 is 11.7 Å². The van der Waals surface area contributed by atoms with E-state index in [2.05, 4.69) is 5.32 Å². The van der Waals surface area contributed by atoms with Crippen LogP contribution in [0.1, 0.15) is 51.2 Å². The molecule has 202 valence electrons. The maximum Gasteiger partial charge on any atom is 0.410 e. The molecule has 37 heavy (non-hydrogen) atoms. The maximum atomic E-state index is 12.0. The normalized spacial score (nSPS) is 13.5. The molecule has 0 aliphatic carbocycles. The molecule has 0 saturated carbocycles. The lowest BCUT2D eigenvalue weighted by atomic mass is 10.0. The highest BCUT2D eigenvalue weighted by Crippen LogP contribution is 2.22. The zero-order valence-electron chi connectivity index (χ0n) is 22.2. The third-order valence-corrected chi connectivity index (χ3v) is 5.75. The molecule has 0 atom stereocenters. The van der Waals surface area contributed by atoms with Crippen molar-refractivity contribution in [3.63, 3.8) is 0 Å². The Kier molecular flexibility index (Phi) is 11.1. The zero-order valence-corrected chi connectivity index (χ0v) is 22.2. The Bertz CT molecular complexity index is 970. The number of nitrogens with zero attached hydrogens (tertiary/aromatic N) is 1. The molecule has 0 unspecified atom stereocenters. The molecule has 2 amide bonds. The molecule has 1 aliphatic rings. The van der Waals surface area contributed by atoms with Gasteiger partial charge in [0.25, 0.3) is 0 Å². The van der Waals surface area contributed by atoms with Crippen LogP contribution in [0, 0.1) is 5.92 Å². The van der Waals surface area contributed by atoms with Gasteiger partial charge >= 0.3 is 12.2 Å². The van der Waals surface area contributed by atoms with Crippen molar-refractivity contribution in [2.45, 2.75) is 58.8 Å². The summed E-state index contributed by atoms with van der Waals surface area (Å²) in [6, 6.07) is 17.5. The number of hydrogen-bond acceptors (Lipinski definition) is 6. The molecule has 0 aromatic heterocycles. The lowest BCUT2D eigenvalue weighted by molar-refractivity contribution is -0.0228. The number of hydrogen-bond donors (Lipinski definition) is 1. The van der Waals surface area contributed by atoms with Gasteiger partial charge in [0.1, 0.15) is 18.0 Å². The molecule has 3 rings (SSSR count). The van der Waals surface area contributed by atoms with Crippen LogP contribution in [-0.2, 0) is 27.4 Å². The lowest BCUT2D eigenvalue weighted by Gasteiger charge is -2.39. The van der Waals surface area contributed by atoms with E-state index in [4.69, 9.17) is 18.9 Å². The van der Waals surface area contributed by atoms with Crippen LogP contribution in [0.2, 0.25) is 0 Å². The Morgan fingerprint density at radius 1 is 0.946 bits per heavy atom. The predicted octanol–water partition coefficient (Wildman–Crippen LogP) is 5.55. The first-order valence-electron chi connectivity index (χ1n) is 13.0. The van der Waals surface area contributed by atoms with Gasteiger partial charge in [0.05, 0.1) is 19.8 Å². The van der Waals surface area contributed by atoms with E-state index in [1.807, 2.05) is 75.4 Å². The topological polar surface area (TPSA) is 86.3 Å². The number of carbonyl (C=O) groups is 2. The molecule has 1 fully saturated rings. The largest absolute Gasteiger partial charge is 0.493 e. The number of rotatable bonds is 13. The number of amides is 2. The van der Waals surface area contributed by atoms with E-state index in [1.165, 1.54) is 0 Å². The molecule has 0 bridgehead atoms. The van der Waals surface area contributed by atoms with E-state index in [1.54, 1.807) is 4.90 Å². The van der Waals surface area contributed by atoms with Crippen molar-refractivity contribution in [2.75, 3.05) is 32.8 Å². The molecule has 0 radical (unpaired) electrons. The standard InChI is InChI=1S/C29H40N2O6/c1-29(2,3)37-28(33)31-18-24(19-31)20-34-22-25-14-8-9-15-26(25)35-17-11-5-10-16-30-27(32)36-21-23-12-6-4-7-13-23/h4,6-9,12-15,24H,5,10-11,16-22H2,1-3H3,(H,30,32). The third-order valence-electron chi connectivity index (χ3n) is 5.75. The van der Waals surface area contributed by atoms with Gasteiger partial charge in [-0.1, -0.05) is 48.5 Å². The Balaban J connectivity index is 1.23. The van der Waals surface area contributed by atoms with Crippen molar-refractivity contribution < 1.29 is 28.5 Å². The van der Waals surface area contributed by atoms with Crippen LogP contribution in [0.3, 0.4) is 0 Å². The van der Waals surface area contributed by atoms with E-state index in [0.29, 0.717) is 45.4 Å². The van der Waals surface area contributed by atoms with Crippen LogP contribution in [0.5, 0.6) is 5.75 Å². The minimum Gasteiger partial charge on any atom is -0.493 e. The minimum atomic E-state index is -0.476. The van der Waals surface area contributed by atoms with Crippen molar-refractivity contribution >= 4 is 12.2 Å². The summed E-state index contributed by atoms with van der Waals surface area (Å²) >= 11 is 0. The van der Waals surface area contributed by atoms with Crippen LogP contribution >= 0.6 is 0 Å². The highest BCUT2D eigenvalue weighted by Gasteiger charge is 2.33. The fourth-order valence-electron chi connectivity index (χ4n) is 3.80. The second-order valence-corrected chi connectivity index (χ2v) is 10.3. The number of carbonyl (C=O) groups excluding carboxylic acids is 2. The van der Waals surface area contributed by atoms with Crippen LogP contribution in [-0.4, -0.2) is 55.5 Å². The van der Waals surface area contributed by atoms with Gasteiger partial charge in [0.15, 0.2) is 0 Å². The number of likely N-dealkylation sites (tertiary alicyclic amines) is 1. The molecular weight excluding hydrogens is 472 g/mol. The van der Waals surface area contributed by atoms with Crippen LogP contribution in [0.25, 0.3) is 0 Å². The fraction of sp³-hybridized carbons (Fsp3) is 0.517. The number of para-hydroxylation sites is 1. The van der Waals surface area contributed by atoms with E-state index in [-0.39, 0.29) is 12.7 Å². The first-order chi connectivity index (χ1) is 17.8. The number of nitrogens with one attached hydrogen (secondary N) is 1. The molecule has 8 nitrogen and oxygen atoms in total. The van der Waals surface area contributed by atoms with Crippen molar-refractivity contribution in [1.29, 1.82) is 0 Å². The molecule has 1 N–H and O–H groups in total. The molecule has 8 heteroatoms. The Labute approximate surface area is 220 Å². The lowest BCUT2D eigenvalue weighted by Crippen LogP contribution is -2.53. The SMILES string of the molecule is CC(C)(C)OC(=O)N1CC(COCc2ccccc2OCCCCCNC(=O)OCc2ccccc2)C1. The highest BCUT2D eigenvalue weighted by atomic mass is 16.6. The predicted molar refractivity (Wildman–Crippen MR) is 141 cm³/mol. The van der Waals surface area contributed by atoms with Gasteiger partial charge in [-0.05, 0) is 51.7 Å². The highest BCUT2D eigenvalue weighted by molar-refractivity contribution is 5.69. The van der Waals surface area contributed by atoms with E-state index in [0.717, 1.165) is 36.1 Å². The van der Waals surface area contributed by atoms with Crippen LogP contribution < -0.4 is 10.1 Å². The molecular formula is C29H40N2O6. The summed E-state index contributed by atoms with van der Waals surface area (Å²) in [5, 5.41) is 2.78. The fourth-order valence-corrected chi connectivity index (χ4v) is 3.80. The van der Waals surface area contributed by atoms with Gasteiger partial charge in [-0.3, -0.25) is 0 Å². The second kappa shape index (κ2) is 14.5. The average Bonchev–Trinajstić information content (AvgIpc) is 2.83. The molecule has 0 spiro atoms. The third kappa shape index (κ3) is 10.7. The average molecular weight is 513 g/mol. The summed E-state index contributed by atoms with van der Waals surface area (Å²) < 4.78 is 22.5. The smallest absolute Gasteiger partial charge is 0.410 e. The Morgan fingerprint density at radius 2 is 1.68 bits per heavy atom. The van der Waals surface area contributed by atoms with Crippen LogP contribution in [0.15, 0.2) is 54.6 Å². The van der Waals surface area contributed by atoms with Gasteiger partial charge in [-0.25, -0.2) is 9.59 Å². The van der Waals surface area contributed by atoms with Gasteiger partial charge in [-0.15, -0.1) is 0 Å². The van der Waals surface area contributed by atoms with E-state index >= 15 is 0 Å². The van der Waals surface area contributed by atoms with Crippen molar-refractivity contribution in [1.82, 2.24) is 10.2 Å². The van der Waals surface area contributed by atoms with Crippen molar-refractivity contribution in [2.24, 2.45) is 5.92 Å². The summed E-state index contributed by atoms with van der Waals surface area (Å²) in [5.41, 5.74) is 1.50. The number of alkyl carbamates (subject to hydrolysis) is 1. The second-order valence-electron chi connectivity index (χ2n) is 10.3. The summed E-state index contributed by atoms with van der Waals surface area (Å²) in [6.45, 7) is 9.43. The van der Waals surface area contributed by atoms with Crippen molar-refractivity contribution in [3.8, 4) is 5.75 Å². The number of unbranched alkanes of at least 4 members (excludes halogenated alkanes) is 2. The summed E-state index contributed by atoms with van der Waals surface area (Å²) in [7, 11) is 0. The minimum absolute atomic E-state index is 0.263. The number of ether oxygens (including phenoxy) is 4. The first-order valence-corrected chi connectivity index (χ1v) is 13.0. The molecule has 1 saturated heterocycles. The number of benzene rings is 2. The first kappa shape index (κ1) is 28.3. The maximum absolute atomic E-state index is 12.0. The summed E-state index contributed by atoms with van der Waals surface area (Å²) in [5.74, 6) is 1.15. The van der Waals surface area contributed by atoms with Gasteiger partial charge in [-0.2, -0.15) is 0 Å². The Morgan fingerprint density at radius 3 is 2.43 bits per heavy atom. The zero-order chi connectivity index (χ0) is 26.5. The summed E-state index contributed by atoms with van der Waals surface area (Å²) in [6.07, 6.45) is 2.03. The molecule has 2 aromatic carbocycles. The molecule has 1 heterocycles. The van der Waals surface area contributed by atoms with Gasteiger partial charge in [0.2, 0.25) is 0 Å². The van der Waals surface area contributed by atoms with Crippen LogP contribution in [0.4, 0.5) is 9.59 Å². The van der Waals surface area contributed by atoms with Gasteiger partial charge < -0.3 is 29.2 Å². The molecule has 2 aromatic rings. The Hall–Kier alpha value is -3.26.